The number of alkyl halides is 3. The molecule has 0 fully saturated rings. The minimum Gasteiger partial charge on any atom is -0.286 e. The van der Waals surface area contributed by atoms with Crippen molar-refractivity contribution in [3.05, 3.63) is 29.7 Å². The van der Waals surface area contributed by atoms with Gasteiger partial charge in [0.25, 0.3) is 0 Å². The van der Waals surface area contributed by atoms with Crippen molar-refractivity contribution in [2.75, 3.05) is 0 Å². The zero-order valence-electron chi connectivity index (χ0n) is 8.57. The molecule has 0 aliphatic carbocycles. The average molecular weight is 240 g/mol. The monoisotopic (exact) mass is 240 g/mol. The van der Waals surface area contributed by atoms with Crippen LogP contribution in [-0.4, -0.2) is 20.8 Å². The maximum absolute atomic E-state index is 12.1. The standard InChI is InChI=1S/C10H7F3N4/c11-10(12,13)3-1-8-15-16-9-5-7(6-14)2-4-17(8)9/h2,4-5H,1,3H2. The van der Waals surface area contributed by atoms with Crippen molar-refractivity contribution >= 4 is 5.65 Å². The third-order valence-corrected chi connectivity index (χ3v) is 2.24. The van der Waals surface area contributed by atoms with E-state index in [1.807, 2.05) is 6.07 Å². The summed E-state index contributed by atoms with van der Waals surface area (Å²) in [6.45, 7) is 0. The van der Waals surface area contributed by atoms with E-state index in [4.69, 9.17) is 5.26 Å². The van der Waals surface area contributed by atoms with E-state index in [2.05, 4.69) is 10.2 Å². The van der Waals surface area contributed by atoms with Gasteiger partial charge in [0.15, 0.2) is 5.65 Å². The molecule has 0 aromatic carbocycles. The lowest BCUT2D eigenvalue weighted by molar-refractivity contribution is -0.134. The minimum absolute atomic E-state index is 0.226. The molecular formula is C10H7F3N4. The fourth-order valence-electron chi connectivity index (χ4n) is 1.43. The molecule has 2 heterocycles. The second kappa shape index (κ2) is 4.05. The predicted molar refractivity (Wildman–Crippen MR) is 52.1 cm³/mol. The number of fused-ring (bicyclic) bond motifs is 1. The van der Waals surface area contributed by atoms with Gasteiger partial charge in [0.2, 0.25) is 0 Å². The Morgan fingerprint density at radius 1 is 1.35 bits per heavy atom. The van der Waals surface area contributed by atoms with Crippen LogP contribution < -0.4 is 0 Å². The lowest BCUT2D eigenvalue weighted by Gasteiger charge is -2.04. The number of hydrogen-bond acceptors (Lipinski definition) is 3. The normalized spacial score (nSPS) is 11.6. The summed E-state index contributed by atoms with van der Waals surface area (Å²) < 4.78 is 37.6. The number of nitrogens with zero attached hydrogens (tertiary/aromatic N) is 4. The van der Waals surface area contributed by atoms with Crippen molar-refractivity contribution in [2.45, 2.75) is 19.0 Å². The molecule has 17 heavy (non-hydrogen) atoms. The molecule has 0 spiro atoms. The highest BCUT2D eigenvalue weighted by molar-refractivity contribution is 5.45. The smallest absolute Gasteiger partial charge is 0.286 e. The molecule has 0 aliphatic heterocycles. The van der Waals surface area contributed by atoms with Gasteiger partial charge in [-0.15, -0.1) is 10.2 Å². The first kappa shape index (κ1) is 11.4. The molecule has 2 aromatic rings. The molecule has 4 nitrogen and oxygen atoms in total. The van der Waals surface area contributed by atoms with Gasteiger partial charge in [-0.1, -0.05) is 0 Å². The van der Waals surface area contributed by atoms with Gasteiger partial charge in [0.1, 0.15) is 5.82 Å². The molecule has 0 radical (unpaired) electrons. The van der Waals surface area contributed by atoms with Crippen LogP contribution in [0.25, 0.3) is 5.65 Å². The Kier molecular flexibility index (Phi) is 2.71. The summed E-state index contributed by atoms with van der Waals surface area (Å²) in [5.41, 5.74) is 0.772. The Balaban J connectivity index is 2.28. The van der Waals surface area contributed by atoms with Gasteiger partial charge in [0, 0.05) is 18.7 Å². The molecule has 0 amide bonds. The molecule has 88 valence electrons. The van der Waals surface area contributed by atoms with E-state index in [0.29, 0.717) is 11.2 Å². The van der Waals surface area contributed by atoms with Crippen molar-refractivity contribution < 1.29 is 13.2 Å². The zero-order chi connectivity index (χ0) is 12.5. The highest BCUT2D eigenvalue weighted by Crippen LogP contribution is 2.21. The first-order chi connectivity index (χ1) is 7.99. The predicted octanol–water partition coefficient (Wildman–Crippen LogP) is 2.10. The molecular weight excluding hydrogens is 233 g/mol. The number of pyridine rings is 1. The molecule has 7 heteroatoms. The van der Waals surface area contributed by atoms with Crippen LogP contribution in [-0.2, 0) is 6.42 Å². The van der Waals surface area contributed by atoms with Crippen LogP contribution in [0, 0.1) is 11.3 Å². The van der Waals surface area contributed by atoms with Crippen LogP contribution in [0.2, 0.25) is 0 Å². The third kappa shape index (κ3) is 2.53. The number of aromatic nitrogens is 3. The molecule has 0 unspecified atom stereocenters. The van der Waals surface area contributed by atoms with E-state index in [1.165, 1.54) is 22.7 Å². The fourth-order valence-corrected chi connectivity index (χ4v) is 1.43. The van der Waals surface area contributed by atoms with E-state index < -0.39 is 12.6 Å². The van der Waals surface area contributed by atoms with Crippen LogP contribution >= 0.6 is 0 Å². The van der Waals surface area contributed by atoms with E-state index in [1.54, 1.807) is 0 Å². The van der Waals surface area contributed by atoms with Crippen molar-refractivity contribution in [1.29, 1.82) is 5.26 Å². The van der Waals surface area contributed by atoms with Crippen molar-refractivity contribution in [2.24, 2.45) is 0 Å². The number of rotatable bonds is 2. The Morgan fingerprint density at radius 3 is 2.76 bits per heavy atom. The van der Waals surface area contributed by atoms with E-state index in [-0.39, 0.29) is 12.2 Å². The molecule has 0 aliphatic rings. The SMILES string of the molecule is N#Cc1ccn2c(CCC(F)(F)F)nnc2c1. The van der Waals surface area contributed by atoms with Crippen LogP contribution in [0.4, 0.5) is 13.2 Å². The van der Waals surface area contributed by atoms with Crippen LogP contribution in [0.15, 0.2) is 18.3 Å². The van der Waals surface area contributed by atoms with E-state index >= 15 is 0 Å². The second-order valence-corrected chi connectivity index (χ2v) is 3.49. The molecule has 2 rings (SSSR count). The van der Waals surface area contributed by atoms with Gasteiger partial charge in [-0.05, 0) is 6.07 Å². The summed E-state index contributed by atoms with van der Waals surface area (Å²) in [4.78, 5) is 0. The minimum atomic E-state index is -4.21. The van der Waals surface area contributed by atoms with Crippen LogP contribution in [0.1, 0.15) is 17.8 Å². The summed E-state index contributed by atoms with van der Waals surface area (Å²) in [7, 11) is 0. The highest BCUT2D eigenvalue weighted by atomic mass is 19.4. The summed E-state index contributed by atoms with van der Waals surface area (Å²) in [6, 6.07) is 4.91. The second-order valence-electron chi connectivity index (χ2n) is 3.49. The molecule has 0 saturated carbocycles. The lowest BCUT2D eigenvalue weighted by atomic mass is 10.2. The van der Waals surface area contributed by atoms with Gasteiger partial charge in [-0.2, -0.15) is 18.4 Å². The van der Waals surface area contributed by atoms with Crippen LogP contribution in [0.5, 0.6) is 0 Å². The van der Waals surface area contributed by atoms with Crippen molar-refractivity contribution in [3.8, 4) is 6.07 Å². The van der Waals surface area contributed by atoms with Crippen LogP contribution in [0.3, 0.4) is 0 Å². The first-order valence-electron chi connectivity index (χ1n) is 4.80. The number of halogens is 3. The maximum Gasteiger partial charge on any atom is 0.389 e. The number of nitriles is 1. The lowest BCUT2D eigenvalue weighted by Crippen LogP contribution is -2.10. The van der Waals surface area contributed by atoms with E-state index in [0.717, 1.165) is 0 Å². The largest absolute Gasteiger partial charge is 0.389 e. The Labute approximate surface area is 94.3 Å². The maximum atomic E-state index is 12.1. The molecule has 0 bridgehead atoms. The van der Waals surface area contributed by atoms with Gasteiger partial charge in [0.05, 0.1) is 18.1 Å². The van der Waals surface area contributed by atoms with Crippen molar-refractivity contribution in [3.63, 3.8) is 0 Å². The zero-order valence-corrected chi connectivity index (χ0v) is 8.57. The first-order valence-corrected chi connectivity index (χ1v) is 4.80. The summed E-state index contributed by atoms with van der Waals surface area (Å²) in [5.74, 6) is 0.238. The highest BCUT2D eigenvalue weighted by Gasteiger charge is 2.27. The third-order valence-electron chi connectivity index (χ3n) is 2.24. The Morgan fingerprint density at radius 2 is 2.12 bits per heavy atom. The van der Waals surface area contributed by atoms with Gasteiger partial charge in [-0.25, -0.2) is 0 Å². The molecule has 2 aromatic heterocycles. The number of aryl methyl sites for hydroxylation is 1. The quantitative estimate of drug-likeness (QED) is 0.807. The summed E-state index contributed by atoms with van der Waals surface area (Å²) in [6.07, 6.45) is -3.87. The van der Waals surface area contributed by atoms with E-state index in [9.17, 15) is 13.2 Å². The summed E-state index contributed by atoms with van der Waals surface area (Å²) in [5, 5.41) is 16.1. The Bertz CT molecular complexity index is 579. The van der Waals surface area contributed by atoms with Gasteiger partial charge in [-0.3, -0.25) is 4.40 Å². The topological polar surface area (TPSA) is 54.0 Å². The Hall–Kier alpha value is -2.10. The van der Waals surface area contributed by atoms with Crippen molar-refractivity contribution in [1.82, 2.24) is 14.6 Å². The summed E-state index contributed by atoms with van der Waals surface area (Å²) >= 11 is 0. The molecule has 0 atom stereocenters. The molecule has 0 N–H and O–H groups in total. The number of hydrogen-bond donors (Lipinski definition) is 0. The van der Waals surface area contributed by atoms with Gasteiger partial charge < -0.3 is 0 Å². The average Bonchev–Trinajstić information content (AvgIpc) is 2.67. The fraction of sp³-hybridized carbons (Fsp3) is 0.300. The molecule has 0 saturated heterocycles. The van der Waals surface area contributed by atoms with Gasteiger partial charge >= 0.3 is 6.18 Å².